The number of sulfonamides is 1. The zero-order chi connectivity index (χ0) is 16.3. The average molecular weight is 363 g/mol. The van der Waals surface area contributed by atoms with E-state index in [0.717, 1.165) is 11.5 Å². The van der Waals surface area contributed by atoms with Gasteiger partial charge in [0.05, 0.1) is 15.5 Å². The van der Waals surface area contributed by atoms with E-state index in [0.29, 0.717) is 13.1 Å². The number of nitrogens with zero attached hydrogens (tertiary/aromatic N) is 1. The Morgan fingerprint density at radius 2 is 1.95 bits per heavy atom. The van der Waals surface area contributed by atoms with Crippen molar-refractivity contribution in [2.24, 2.45) is 0 Å². The molecule has 1 aliphatic heterocycles. The van der Waals surface area contributed by atoms with Crippen molar-refractivity contribution in [3.05, 3.63) is 28.8 Å². The molecule has 0 spiro atoms. The highest BCUT2D eigenvalue weighted by molar-refractivity contribution is 7.99. The molecular weight excluding hydrogens is 344 g/mol. The van der Waals surface area contributed by atoms with Gasteiger partial charge >= 0.3 is 0 Å². The van der Waals surface area contributed by atoms with E-state index in [2.05, 4.69) is 4.72 Å². The van der Waals surface area contributed by atoms with E-state index in [1.165, 1.54) is 18.2 Å². The summed E-state index contributed by atoms with van der Waals surface area (Å²) in [4.78, 5) is 14.3. The number of carbonyl (C=O) groups is 1. The molecule has 0 bridgehead atoms. The number of amides is 1. The first-order valence-corrected chi connectivity index (χ1v) is 10.0. The van der Waals surface area contributed by atoms with Gasteiger partial charge in [-0.3, -0.25) is 4.79 Å². The summed E-state index contributed by atoms with van der Waals surface area (Å²) in [5.74, 6) is 1.55. The standard InChI is InChI=1S/C14H19ClN2O3S2/c1-10(2)16-22(19,20)11-3-4-13(15)12(9-11)14(18)17-5-7-21-8-6-17/h3-4,9-10,16H,5-8H2,1-2H3. The number of carbonyl (C=O) groups excluding carboxylic acids is 1. The third-order valence-corrected chi connectivity index (χ3v) is 6.10. The van der Waals surface area contributed by atoms with E-state index in [9.17, 15) is 13.2 Å². The molecule has 1 fully saturated rings. The lowest BCUT2D eigenvalue weighted by Crippen LogP contribution is -2.38. The largest absolute Gasteiger partial charge is 0.337 e. The highest BCUT2D eigenvalue weighted by atomic mass is 35.5. The molecule has 0 atom stereocenters. The molecule has 8 heteroatoms. The predicted octanol–water partition coefficient (Wildman–Crippen LogP) is 2.22. The molecule has 1 amide bonds. The molecule has 1 aromatic rings. The molecule has 1 N–H and O–H groups in total. The van der Waals surface area contributed by atoms with Gasteiger partial charge in [0.15, 0.2) is 0 Å². The van der Waals surface area contributed by atoms with Crippen LogP contribution in [0.4, 0.5) is 0 Å². The Labute approximate surface area is 140 Å². The third kappa shape index (κ3) is 4.16. The average Bonchev–Trinajstić information content (AvgIpc) is 2.46. The van der Waals surface area contributed by atoms with Crippen LogP contribution in [0.3, 0.4) is 0 Å². The minimum absolute atomic E-state index is 0.0559. The second kappa shape index (κ2) is 7.21. The van der Waals surface area contributed by atoms with E-state index in [1.54, 1.807) is 30.5 Å². The molecule has 1 heterocycles. The molecule has 5 nitrogen and oxygen atoms in total. The first-order chi connectivity index (χ1) is 10.3. The summed E-state index contributed by atoms with van der Waals surface area (Å²) in [6.07, 6.45) is 0. The summed E-state index contributed by atoms with van der Waals surface area (Å²) in [6.45, 7) is 4.79. The summed E-state index contributed by atoms with van der Waals surface area (Å²) >= 11 is 7.90. The molecule has 22 heavy (non-hydrogen) atoms. The van der Waals surface area contributed by atoms with E-state index in [-0.39, 0.29) is 27.4 Å². The second-order valence-corrected chi connectivity index (χ2v) is 8.67. The van der Waals surface area contributed by atoms with Gasteiger partial charge in [-0.15, -0.1) is 0 Å². The number of hydrogen-bond acceptors (Lipinski definition) is 4. The van der Waals surface area contributed by atoms with Crippen molar-refractivity contribution in [3.63, 3.8) is 0 Å². The number of rotatable bonds is 4. The van der Waals surface area contributed by atoms with Crippen LogP contribution >= 0.6 is 23.4 Å². The molecule has 0 aliphatic carbocycles. The van der Waals surface area contributed by atoms with E-state index in [1.807, 2.05) is 0 Å². The topological polar surface area (TPSA) is 66.5 Å². The number of benzene rings is 1. The highest BCUT2D eigenvalue weighted by Crippen LogP contribution is 2.23. The fraction of sp³-hybridized carbons (Fsp3) is 0.500. The normalized spacial score (nSPS) is 16.1. The van der Waals surface area contributed by atoms with Gasteiger partial charge in [0, 0.05) is 30.6 Å². The van der Waals surface area contributed by atoms with Gasteiger partial charge in [-0.25, -0.2) is 13.1 Å². The lowest BCUT2D eigenvalue weighted by Gasteiger charge is -2.27. The molecule has 122 valence electrons. The first-order valence-electron chi connectivity index (χ1n) is 7.00. The van der Waals surface area contributed by atoms with Crippen LogP contribution in [0, 0.1) is 0 Å². The van der Waals surface area contributed by atoms with Crippen molar-refractivity contribution in [3.8, 4) is 0 Å². The van der Waals surface area contributed by atoms with E-state index < -0.39 is 10.0 Å². The molecule has 1 saturated heterocycles. The van der Waals surface area contributed by atoms with Gasteiger partial charge in [-0.1, -0.05) is 11.6 Å². The van der Waals surface area contributed by atoms with Crippen LogP contribution < -0.4 is 4.72 Å². The van der Waals surface area contributed by atoms with Gasteiger partial charge in [-0.05, 0) is 32.0 Å². The van der Waals surface area contributed by atoms with Gasteiger partial charge < -0.3 is 4.90 Å². The Morgan fingerprint density at radius 3 is 2.55 bits per heavy atom. The molecule has 1 aromatic carbocycles. The highest BCUT2D eigenvalue weighted by Gasteiger charge is 2.23. The Morgan fingerprint density at radius 1 is 1.32 bits per heavy atom. The predicted molar refractivity (Wildman–Crippen MR) is 90.1 cm³/mol. The van der Waals surface area contributed by atoms with Crippen molar-refractivity contribution in [1.29, 1.82) is 0 Å². The number of thioether (sulfide) groups is 1. The molecule has 2 rings (SSSR count). The molecule has 0 saturated carbocycles. The second-order valence-electron chi connectivity index (χ2n) is 5.32. The maximum absolute atomic E-state index is 12.5. The summed E-state index contributed by atoms with van der Waals surface area (Å²) in [5, 5.41) is 0.270. The Bertz CT molecular complexity index is 656. The van der Waals surface area contributed by atoms with Crippen LogP contribution in [-0.2, 0) is 10.0 Å². The van der Waals surface area contributed by atoms with Crippen LogP contribution in [-0.4, -0.2) is 49.9 Å². The number of halogens is 1. The van der Waals surface area contributed by atoms with Crippen molar-refractivity contribution >= 4 is 39.3 Å². The fourth-order valence-corrected chi connectivity index (χ4v) is 4.53. The Balaban J connectivity index is 2.32. The van der Waals surface area contributed by atoms with Crippen LogP contribution in [0.1, 0.15) is 24.2 Å². The Kier molecular flexibility index (Phi) is 5.76. The van der Waals surface area contributed by atoms with E-state index in [4.69, 9.17) is 11.6 Å². The van der Waals surface area contributed by atoms with Gasteiger partial charge in [0.25, 0.3) is 5.91 Å². The van der Waals surface area contributed by atoms with Crippen molar-refractivity contribution in [2.45, 2.75) is 24.8 Å². The molecule has 0 unspecified atom stereocenters. The third-order valence-electron chi connectivity index (χ3n) is 3.17. The molecule has 1 aliphatic rings. The summed E-state index contributed by atoms with van der Waals surface area (Å²) in [7, 11) is -3.65. The summed E-state index contributed by atoms with van der Waals surface area (Å²) in [5.41, 5.74) is 0.236. The molecule has 0 radical (unpaired) electrons. The number of nitrogens with one attached hydrogen (secondary N) is 1. The SMILES string of the molecule is CC(C)NS(=O)(=O)c1ccc(Cl)c(C(=O)N2CCSCC2)c1. The van der Waals surface area contributed by atoms with Crippen molar-refractivity contribution in [1.82, 2.24) is 9.62 Å². The lowest BCUT2D eigenvalue weighted by molar-refractivity contribution is 0.0772. The van der Waals surface area contributed by atoms with Crippen LogP contribution in [0.25, 0.3) is 0 Å². The van der Waals surface area contributed by atoms with Gasteiger partial charge in [-0.2, -0.15) is 11.8 Å². The van der Waals surface area contributed by atoms with Crippen molar-refractivity contribution in [2.75, 3.05) is 24.6 Å². The maximum Gasteiger partial charge on any atom is 0.255 e. The minimum Gasteiger partial charge on any atom is -0.337 e. The Hall–Kier alpha value is -0.760. The summed E-state index contributed by atoms with van der Waals surface area (Å²) in [6, 6.07) is 4.01. The van der Waals surface area contributed by atoms with Gasteiger partial charge in [0.2, 0.25) is 10.0 Å². The molecular formula is C14H19ClN2O3S2. The van der Waals surface area contributed by atoms with Gasteiger partial charge in [0.1, 0.15) is 0 Å². The maximum atomic E-state index is 12.5. The monoisotopic (exact) mass is 362 g/mol. The zero-order valence-electron chi connectivity index (χ0n) is 12.5. The van der Waals surface area contributed by atoms with Crippen molar-refractivity contribution < 1.29 is 13.2 Å². The fourth-order valence-electron chi connectivity index (χ4n) is 2.15. The zero-order valence-corrected chi connectivity index (χ0v) is 14.9. The lowest BCUT2D eigenvalue weighted by atomic mass is 10.2. The van der Waals surface area contributed by atoms with Crippen LogP contribution in [0.5, 0.6) is 0 Å². The quantitative estimate of drug-likeness (QED) is 0.891. The molecule has 0 aromatic heterocycles. The van der Waals surface area contributed by atoms with Crippen LogP contribution in [0.2, 0.25) is 5.02 Å². The summed E-state index contributed by atoms with van der Waals surface area (Å²) < 4.78 is 26.9. The smallest absolute Gasteiger partial charge is 0.255 e. The number of hydrogen-bond donors (Lipinski definition) is 1. The minimum atomic E-state index is -3.65. The van der Waals surface area contributed by atoms with Crippen LogP contribution in [0.15, 0.2) is 23.1 Å². The first kappa shape index (κ1) is 17.6. The van der Waals surface area contributed by atoms with E-state index >= 15 is 0 Å².